The second kappa shape index (κ2) is 7.00. The first-order chi connectivity index (χ1) is 10.9. The largest absolute Gasteiger partial charge is 0.493 e. The van der Waals surface area contributed by atoms with E-state index in [2.05, 4.69) is 34.6 Å². The third-order valence-corrected chi connectivity index (χ3v) is 3.61. The Morgan fingerprint density at radius 2 is 1.86 bits per heavy atom. The lowest BCUT2D eigenvalue weighted by Gasteiger charge is -2.11. The van der Waals surface area contributed by atoms with E-state index in [4.69, 9.17) is 9.47 Å². The maximum atomic E-state index is 5.74. The van der Waals surface area contributed by atoms with Gasteiger partial charge in [-0.1, -0.05) is 24.3 Å². The second-order valence-corrected chi connectivity index (χ2v) is 5.03. The van der Waals surface area contributed by atoms with Crippen molar-refractivity contribution >= 4 is 10.9 Å². The summed E-state index contributed by atoms with van der Waals surface area (Å²) in [7, 11) is 1.65. The summed E-state index contributed by atoms with van der Waals surface area (Å²) in [6.07, 6.45) is 1.97. The van der Waals surface area contributed by atoms with Crippen molar-refractivity contribution in [3.63, 3.8) is 0 Å². The number of fused-ring (bicyclic) bond motifs is 1. The van der Waals surface area contributed by atoms with Gasteiger partial charge >= 0.3 is 0 Å². The van der Waals surface area contributed by atoms with Crippen LogP contribution in [0.3, 0.4) is 0 Å². The minimum atomic E-state index is 0.601. The van der Waals surface area contributed by atoms with E-state index in [-0.39, 0.29) is 0 Å². The number of benzene rings is 2. The second-order valence-electron chi connectivity index (χ2n) is 5.03. The molecule has 22 heavy (non-hydrogen) atoms. The highest BCUT2D eigenvalue weighted by Gasteiger charge is 2.03. The Labute approximate surface area is 130 Å². The quantitative estimate of drug-likeness (QED) is 0.657. The van der Waals surface area contributed by atoms with Crippen molar-refractivity contribution in [3.8, 4) is 11.5 Å². The van der Waals surface area contributed by atoms with Crippen LogP contribution in [0.4, 0.5) is 0 Å². The maximum absolute atomic E-state index is 5.74. The van der Waals surface area contributed by atoms with Gasteiger partial charge in [-0.25, -0.2) is 0 Å². The summed E-state index contributed by atoms with van der Waals surface area (Å²) in [6.45, 7) is 2.20. The molecule has 1 aromatic heterocycles. The lowest BCUT2D eigenvalue weighted by atomic mass is 10.1. The molecular weight excluding hydrogens is 276 g/mol. The van der Waals surface area contributed by atoms with Gasteiger partial charge in [0.15, 0.2) is 11.5 Å². The van der Waals surface area contributed by atoms with Crippen LogP contribution >= 0.6 is 0 Å². The van der Waals surface area contributed by atoms with Crippen LogP contribution in [0.1, 0.15) is 5.56 Å². The third kappa shape index (κ3) is 3.23. The Balaban J connectivity index is 1.49. The van der Waals surface area contributed by atoms with E-state index in [9.17, 15) is 0 Å². The molecule has 0 saturated heterocycles. The average Bonchev–Trinajstić information content (AvgIpc) is 3.04. The van der Waals surface area contributed by atoms with E-state index < -0.39 is 0 Å². The van der Waals surface area contributed by atoms with Crippen LogP contribution in [0.15, 0.2) is 54.7 Å². The van der Waals surface area contributed by atoms with Crippen molar-refractivity contribution in [2.75, 3.05) is 20.3 Å². The fourth-order valence-electron chi connectivity index (χ4n) is 2.50. The molecule has 114 valence electrons. The summed E-state index contributed by atoms with van der Waals surface area (Å²) in [5, 5.41) is 4.68. The van der Waals surface area contributed by atoms with Gasteiger partial charge in [0.05, 0.1) is 7.11 Å². The summed E-state index contributed by atoms with van der Waals surface area (Å²) in [5.74, 6) is 1.54. The zero-order valence-corrected chi connectivity index (χ0v) is 12.6. The van der Waals surface area contributed by atoms with Crippen molar-refractivity contribution < 1.29 is 9.47 Å². The van der Waals surface area contributed by atoms with Gasteiger partial charge in [0.25, 0.3) is 0 Å². The molecular formula is C18H20N2O2. The molecule has 0 fully saturated rings. The first-order valence-electron chi connectivity index (χ1n) is 7.40. The minimum absolute atomic E-state index is 0.601. The van der Waals surface area contributed by atoms with E-state index >= 15 is 0 Å². The molecule has 0 spiro atoms. The van der Waals surface area contributed by atoms with Gasteiger partial charge < -0.3 is 19.8 Å². The monoisotopic (exact) mass is 296 g/mol. The standard InChI is InChI=1S/C18H20N2O2/c1-21-17-7-2-3-8-18(17)22-12-11-19-13-14-5-4-6-16-15(14)9-10-20-16/h2-10,19-20H,11-13H2,1H3. The Kier molecular flexibility index (Phi) is 4.61. The highest BCUT2D eigenvalue weighted by atomic mass is 16.5. The lowest BCUT2D eigenvalue weighted by molar-refractivity contribution is 0.292. The van der Waals surface area contributed by atoms with Crippen LogP contribution in [-0.2, 0) is 6.54 Å². The summed E-state index contributed by atoms with van der Waals surface area (Å²) >= 11 is 0. The average molecular weight is 296 g/mol. The molecule has 0 aliphatic carbocycles. The van der Waals surface area contributed by atoms with Crippen LogP contribution in [0, 0.1) is 0 Å². The number of H-pyrrole nitrogens is 1. The number of nitrogens with one attached hydrogen (secondary N) is 2. The van der Waals surface area contributed by atoms with Gasteiger partial charge in [0.1, 0.15) is 6.61 Å². The molecule has 1 heterocycles. The smallest absolute Gasteiger partial charge is 0.161 e. The molecule has 0 aliphatic heterocycles. The van der Waals surface area contributed by atoms with Gasteiger partial charge in [-0.15, -0.1) is 0 Å². The lowest BCUT2D eigenvalue weighted by Crippen LogP contribution is -2.20. The molecule has 2 aromatic carbocycles. The number of aromatic nitrogens is 1. The summed E-state index contributed by atoms with van der Waals surface area (Å²) < 4.78 is 11.0. The first kappa shape index (κ1) is 14.5. The normalized spacial score (nSPS) is 10.8. The number of rotatable bonds is 7. The number of hydrogen-bond acceptors (Lipinski definition) is 3. The number of para-hydroxylation sites is 2. The van der Waals surface area contributed by atoms with Crippen LogP contribution in [-0.4, -0.2) is 25.2 Å². The zero-order chi connectivity index (χ0) is 15.2. The van der Waals surface area contributed by atoms with Gasteiger partial charge in [0, 0.05) is 30.2 Å². The molecule has 0 atom stereocenters. The zero-order valence-electron chi connectivity index (χ0n) is 12.6. The van der Waals surface area contributed by atoms with Crippen molar-refractivity contribution in [2.45, 2.75) is 6.54 Å². The molecule has 3 aromatic rings. The van der Waals surface area contributed by atoms with Crippen LogP contribution in [0.2, 0.25) is 0 Å². The van der Waals surface area contributed by atoms with Crippen molar-refractivity contribution in [2.24, 2.45) is 0 Å². The van der Waals surface area contributed by atoms with Gasteiger partial charge in [0.2, 0.25) is 0 Å². The van der Waals surface area contributed by atoms with E-state index in [0.717, 1.165) is 24.6 Å². The highest BCUT2D eigenvalue weighted by molar-refractivity contribution is 5.82. The fraction of sp³-hybridized carbons (Fsp3) is 0.222. The van der Waals surface area contributed by atoms with E-state index in [1.807, 2.05) is 30.5 Å². The van der Waals surface area contributed by atoms with Crippen LogP contribution in [0.5, 0.6) is 11.5 Å². The minimum Gasteiger partial charge on any atom is -0.493 e. The summed E-state index contributed by atoms with van der Waals surface area (Å²) in [4.78, 5) is 3.23. The molecule has 0 bridgehead atoms. The van der Waals surface area contributed by atoms with Gasteiger partial charge in [-0.3, -0.25) is 0 Å². The first-order valence-corrected chi connectivity index (χ1v) is 7.40. The third-order valence-electron chi connectivity index (χ3n) is 3.61. The molecule has 0 aliphatic rings. The van der Waals surface area contributed by atoms with Crippen molar-refractivity contribution in [3.05, 3.63) is 60.3 Å². The number of ether oxygens (including phenoxy) is 2. The Morgan fingerprint density at radius 3 is 2.73 bits per heavy atom. The molecule has 0 unspecified atom stereocenters. The van der Waals surface area contributed by atoms with E-state index in [0.29, 0.717) is 6.61 Å². The van der Waals surface area contributed by atoms with Gasteiger partial charge in [-0.2, -0.15) is 0 Å². The molecule has 2 N–H and O–H groups in total. The number of hydrogen-bond donors (Lipinski definition) is 2. The molecule has 0 saturated carbocycles. The topological polar surface area (TPSA) is 46.3 Å². The maximum Gasteiger partial charge on any atom is 0.161 e. The molecule has 4 nitrogen and oxygen atoms in total. The van der Waals surface area contributed by atoms with E-state index in [1.165, 1.54) is 16.5 Å². The van der Waals surface area contributed by atoms with Crippen molar-refractivity contribution in [1.82, 2.24) is 10.3 Å². The number of aromatic amines is 1. The van der Waals surface area contributed by atoms with Crippen LogP contribution < -0.4 is 14.8 Å². The Bertz CT molecular complexity index is 737. The molecule has 0 radical (unpaired) electrons. The number of methoxy groups -OCH3 is 1. The predicted octanol–water partition coefficient (Wildman–Crippen LogP) is 3.35. The molecule has 3 rings (SSSR count). The fourth-order valence-corrected chi connectivity index (χ4v) is 2.50. The van der Waals surface area contributed by atoms with E-state index in [1.54, 1.807) is 7.11 Å². The Hall–Kier alpha value is -2.46. The molecule has 4 heteroatoms. The Morgan fingerprint density at radius 1 is 1.00 bits per heavy atom. The van der Waals surface area contributed by atoms with Crippen LogP contribution in [0.25, 0.3) is 10.9 Å². The molecule has 0 amide bonds. The summed E-state index contributed by atoms with van der Waals surface area (Å²) in [6, 6.07) is 16.1. The SMILES string of the molecule is COc1ccccc1OCCNCc1cccc2[nH]ccc12. The predicted molar refractivity (Wildman–Crippen MR) is 88.5 cm³/mol. The van der Waals surface area contributed by atoms with Crippen molar-refractivity contribution in [1.29, 1.82) is 0 Å². The highest BCUT2D eigenvalue weighted by Crippen LogP contribution is 2.25. The van der Waals surface area contributed by atoms with Gasteiger partial charge in [-0.05, 0) is 29.8 Å². The summed E-state index contributed by atoms with van der Waals surface area (Å²) in [5.41, 5.74) is 2.46.